The standard InChI is InChI=1S/C10H13F2N3O2.ClH/c1-16-4-5-17-14-6-7-2-3-8(15-13)10(12)9(7)11;/h2-3,6,15H,4-5,13H2,1H3;1H. The van der Waals surface area contributed by atoms with Crippen molar-refractivity contribution in [1.29, 1.82) is 0 Å². The van der Waals surface area contributed by atoms with Crippen LogP contribution in [-0.4, -0.2) is 26.5 Å². The van der Waals surface area contributed by atoms with Gasteiger partial charge in [-0.25, -0.2) is 8.78 Å². The summed E-state index contributed by atoms with van der Waals surface area (Å²) in [7, 11) is 1.51. The number of hydrogen-bond acceptors (Lipinski definition) is 5. The first-order valence-electron chi connectivity index (χ1n) is 4.79. The summed E-state index contributed by atoms with van der Waals surface area (Å²) >= 11 is 0. The summed E-state index contributed by atoms with van der Waals surface area (Å²) in [6.07, 6.45) is 1.08. The second kappa shape index (κ2) is 8.62. The second-order valence-corrected chi connectivity index (χ2v) is 3.04. The Kier molecular flexibility index (Phi) is 7.93. The van der Waals surface area contributed by atoms with Crippen molar-refractivity contribution in [2.75, 3.05) is 25.7 Å². The third kappa shape index (κ3) is 4.44. The number of nitrogens with one attached hydrogen (secondary N) is 1. The van der Waals surface area contributed by atoms with Crippen LogP contribution in [0.15, 0.2) is 17.3 Å². The Morgan fingerprint density at radius 2 is 2.06 bits per heavy atom. The minimum Gasteiger partial charge on any atom is -0.393 e. The monoisotopic (exact) mass is 281 g/mol. The number of benzene rings is 1. The fourth-order valence-electron chi connectivity index (χ4n) is 1.04. The van der Waals surface area contributed by atoms with Crippen molar-refractivity contribution < 1.29 is 18.4 Å². The average molecular weight is 282 g/mol. The molecule has 0 aliphatic carbocycles. The predicted molar refractivity (Wildman–Crippen MR) is 66.8 cm³/mol. The van der Waals surface area contributed by atoms with Gasteiger partial charge in [-0.05, 0) is 12.1 Å². The van der Waals surface area contributed by atoms with E-state index in [1.54, 1.807) is 0 Å². The normalized spacial score (nSPS) is 10.2. The molecule has 3 N–H and O–H groups in total. The molecule has 0 atom stereocenters. The van der Waals surface area contributed by atoms with Gasteiger partial charge in [0.05, 0.1) is 18.5 Å². The van der Waals surface area contributed by atoms with Crippen molar-refractivity contribution in [3.05, 3.63) is 29.3 Å². The number of hydrazine groups is 1. The van der Waals surface area contributed by atoms with E-state index in [4.69, 9.17) is 15.4 Å². The van der Waals surface area contributed by atoms with E-state index in [0.717, 1.165) is 6.21 Å². The molecule has 0 spiro atoms. The van der Waals surface area contributed by atoms with Crippen LogP contribution in [-0.2, 0) is 9.57 Å². The number of hydrogen-bond donors (Lipinski definition) is 2. The Labute approximate surface area is 109 Å². The van der Waals surface area contributed by atoms with Crippen molar-refractivity contribution in [1.82, 2.24) is 0 Å². The number of nitrogens with two attached hydrogens (primary N) is 1. The summed E-state index contributed by atoms with van der Waals surface area (Å²) in [4.78, 5) is 4.74. The zero-order chi connectivity index (χ0) is 12.7. The van der Waals surface area contributed by atoms with Crippen LogP contribution in [0.5, 0.6) is 0 Å². The van der Waals surface area contributed by atoms with E-state index in [2.05, 4.69) is 5.16 Å². The Balaban J connectivity index is 0.00000289. The lowest BCUT2D eigenvalue weighted by Gasteiger charge is -2.04. The smallest absolute Gasteiger partial charge is 0.183 e. The fraction of sp³-hybridized carbons (Fsp3) is 0.300. The molecule has 0 bridgehead atoms. The molecule has 8 heteroatoms. The molecule has 0 aliphatic rings. The molecule has 1 rings (SSSR count). The largest absolute Gasteiger partial charge is 0.393 e. The van der Waals surface area contributed by atoms with Gasteiger partial charge in [0.2, 0.25) is 0 Å². The number of oxime groups is 1. The highest BCUT2D eigenvalue weighted by Gasteiger charge is 2.11. The second-order valence-electron chi connectivity index (χ2n) is 3.04. The number of rotatable bonds is 6. The van der Waals surface area contributed by atoms with Gasteiger partial charge in [-0.2, -0.15) is 0 Å². The van der Waals surface area contributed by atoms with Crippen molar-refractivity contribution in [2.24, 2.45) is 11.0 Å². The van der Waals surface area contributed by atoms with Gasteiger partial charge in [-0.3, -0.25) is 5.84 Å². The number of nitrogens with zero attached hydrogens (tertiary/aromatic N) is 1. The van der Waals surface area contributed by atoms with Gasteiger partial charge >= 0.3 is 0 Å². The molecule has 0 heterocycles. The van der Waals surface area contributed by atoms with Gasteiger partial charge in [0.25, 0.3) is 0 Å². The molecule has 18 heavy (non-hydrogen) atoms. The number of methoxy groups -OCH3 is 1. The van der Waals surface area contributed by atoms with E-state index < -0.39 is 11.6 Å². The summed E-state index contributed by atoms with van der Waals surface area (Å²) in [6.45, 7) is 0.601. The molecular formula is C10H14ClF2N3O2. The van der Waals surface area contributed by atoms with Gasteiger partial charge < -0.3 is 15.0 Å². The van der Waals surface area contributed by atoms with E-state index in [0.29, 0.717) is 6.61 Å². The summed E-state index contributed by atoms with van der Waals surface area (Å²) < 4.78 is 31.3. The lowest BCUT2D eigenvalue weighted by Crippen LogP contribution is -2.10. The molecule has 0 amide bonds. The van der Waals surface area contributed by atoms with Crippen molar-refractivity contribution in [2.45, 2.75) is 0 Å². The van der Waals surface area contributed by atoms with E-state index in [-0.39, 0.29) is 30.3 Å². The Hall–Kier alpha value is -1.44. The zero-order valence-corrected chi connectivity index (χ0v) is 10.5. The van der Waals surface area contributed by atoms with Crippen LogP contribution >= 0.6 is 12.4 Å². The Morgan fingerprint density at radius 3 is 2.67 bits per heavy atom. The van der Waals surface area contributed by atoms with E-state index in [1.807, 2.05) is 5.43 Å². The highest BCUT2D eigenvalue weighted by molar-refractivity contribution is 5.85. The quantitative estimate of drug-likeness (QED) is 0.360. The SMILES string of the molecule is COCCON=Cc1ccc(NN)c(F)c1F.Cl. The zero-order valence-electron chi connectivity index (χ0n) is 9.65. The summed E-state index contributed by atoms with van der Waals surface area (Å²) in [5, 5.41) is 3.47. The van der Waals surface area contributed by atoms with Crippen molar-refractivity contribution >= 4 is 24.3 Å². The molecule has 1 aromatic rings. The molecule has 0 aromatic heterocycles. The van der Waals surface area contributed by atoms with Crippen molar-refractivity contribution in [3.63, 3.8) is 0 Å². The minimum atomic E-state index is -1.06. The number of ether oxygens (including phenoxy) is 1. The maximum atomic E-state index is 13.4. The number of nitrogen functional groups attached to an aromatic ring is 1. The third-order valence-corrected chi connectivity index (χ3v) is 1.91. The molecule has 0 unspecified atom stereocenters. The first-order chi connectivity index (χ1) is 8.20. The Morgan fingerprint density at radius 1 is 1.33 bits per heavy atom. The van der Waals surface area contributed by atoms with Crippen LogP contribution in [0.3, 0.4) is 0 Å². The van der Waals surface area contributed by atoms with Gasteiger partial charge in [0.1, 0.15) is 6.61 Å². The molecule has 0 saturated carbocycles. The molecule has 5 nitrogen and oxygen atoms in total. The lowest BCUT2D eigenvalue weighted by molar-refractivity contribution is 0.0759. The fourth-order valence-corrected chi connectivity index (χ4v) is 1.04. The highest BCUT2D eigenvalue weighted by Crippen LogP contribution is 2.18. The molecule has 0 fully saturated rings. The number of halogens is 3. The predicted octanol–water partition coefficient (Wildman–Crippen LogP) is 1.67. The van der Waals surface area contributed by atoms with Crippen LogP contribution in [0.25, 0.3) is 0 Å². The van der Waals surface area contributed by atoms with Crippen LogP contribution in [0.1, 0.15) is 5.56 Å². The van der Waals surface area contributed by atoms with Crippen molar-refractivity contribution in [3.8, 4) is 0 Å². The average Bonchev–Trinajstić information content (AvgIpc) is 2.34. The summed E-state index contributed by atoms with van der Waals surface area (Å²) in [5.74, 6) is 2.89. The minimum absolute atomic E-state index is 0. The number of anilines is 1. The topological polar surface area (TPSA) is 68.9 Å². The van der Waals surface area contributed by atoms with Crippen LogP contribution < -0.4 is 11.3 Å². The van der Waals surface area contributed by atoms with Crippen LogP contribution in [0.2, 0.25) is 0 Å². The molecular weight excluding hydrogens is 268 g/mol. The van der Waals surface area contributed by atoms with Gasteiger partial charge in [0, 0.05) is 12.7 Å². The summed E-state index contributed by atoms with van der Waals surface area (Å²) in [5.41, 5.74) is 1.89. The van der Waals surface area contributed by atoms with E-state index in [9.17, 15) is 8.78 Å². The van der Waals surface area contributed by atoms with E-state index in [1.165, 1.54) is 19.2 Å². The first-order valence-corrected chi connectivity index (χ1v) is 4.79. The molecule has 1 aromatic carbocycles. The molecule has 0 saturated heterocycles. The maximum Gasteiger partial charge on any atom is 0.183 e. The maximum absolute atomic E-state index is 13.4. The van der Waals surface area contributed by atoms with E-state index >= 15 is 0 Å². The lowest BCUT2D eigenvalue weighted by atomic mass is 10.2. The molecule has 0 radical (unpaired) electrons. The molecule has 102 valence electrons. The third-order valence-electron chi connectivity index (χ3n) is 1.91. The molecule has 0 aliphatic heterocycles. The summed E-state index contributed by atoms with van der Waals surface area (Å²) in [6, 6.07) is 2.63. The van der Waals surface area contributed by atoms with Gasteiger partial charge in [-0.1, -0.05) is 5.16 Å². The first kappa shape index (κ1) is 16.6. The van der Waals surface area contributed by atoms with Crippen LogP contribution in [0, 0.1) is 11.6 Å². The Bertz CT molecular complexity index is 405. The van der Waals surface area contributed by atoms with Crippen LogP contribution in [0.4, 0.5) is 14.5 Å². The highest BCUT2D eigenvalue weighted by atomic mass is 35.5. The van der Waals surface area contributed by atoms with Gasteiger partial charge in [0.15, 0.2) is 11.6 Å². The van der Waals surface area contributed by atoms with Gasteiger partial charge in [-0.15, -0.1) is 12.4 Å².